The van der Waals surface area contributed by atoms with Crippen molar-refractivity contribution < 1.29 is 14.3 Å². The highest BCUT2D eigenvalue weighted by Gasteiger charge is 2.25. The summed E-state index contributed by atoms with van der Waals surface area (Å²) in [6.07, 6.45) is 0.111. The number of ketones is 1. The molecular formula is C19H20ClNO3. The molecule has 1 atom stereocenters. The number of hydrogen-bond donors (Lipinski definition) is 0. The molecule has 126 valence electrons. The number of carbonyl (C=O) groups excluding carboxylic acids is 2. The van der Waals surface area contributed by atoms with Gasteiger partial charge in [0.2, 0.25) is 5.91 Å². The summed E-state index contributed by atoms with van der Waals surface area (Å²) >= 11 is 5.93. The van der Waals surface area contributed by atoms with Crippen molar-refractivity contribution in [3.63, 3.8) is 0 Å². The Morgan fingerprint density at radius 3 is 2.12 bits per heavy atom. The molecule has 2 rings (SSSR count). The molecule has 0 N–H and O–H groups in total. The maximum Gasteiger partial charge on any atom is 0.223 e. The van der Waals surface area contributed by atoms with E-state index in [1.165, 1.54) is 4.90 Å². The number of benzene rings is 2. The minimum atomic E-state index is -0.550. The van der Waals surface area contributed by atoms with Gasteiger partial charge in [-0.1, -0.05) is 23.7 Å². The van der Waals surface area contributed by atoms with Crippen LogP contribution in [0.5, 0.6) is 5.75 Å². The Morgan fingerprint density at radius 1 is 1.04 bits per heavy atom. The standard InChI is InChI=1S/C19H20ClNO3/c1-21(2)18(22)12-17(13-4-8-15(20)9-5-13)19(23)14-6-10-16(24-3)11-7-14/h4-11,17H,12H2,1-3H3/t17-/m1/s1. The smallest absolute Gasteiger partial charge is 0.223 e. The summed E-state index contributed by atoms with van der Waals surface area (Å²) in [5, 5.41) is 0.591. The summed E-state index contributed by atoms with van der Waals surface area (Å²) in [7, 11) is 4.93. The Hall–Kier alpha value is -2.33. The van der Waals surface area contributed by atoms with Crippen LogP contribution in [0.25, 0.3) is 0 Å². The zero-order chi connectivity index (χ0) is 17.7. The molecular weight excluding hydrogens is 326 g/mol. The van der Waals surface area contributed by atoms with E-state index in [9.17, 15) is 9.59 Å². The predicted molar refractivity (Wildman–Crippen MR) is 94.8 cm³/mol. The molecule has 2 aromatic rings. The van der Waals surface area contributed by atoms with Gasteiger partial charge in [0.15, 0.2) is 5.78 Å². The van der Waals surface area contributed by atoms with Gasteiger partial charge in [-0.3, -0.25) is 9.59 Å². The lowest BCUT2D eigenvalue weighted by molar-refractivity contribution is -0.128. The number of rotatable bonds is 6. The first kappa shape index (κ1) is 18.0. The van der Waals surface area contributed by atoms with Gasteiger partial charge in [-0.15, -0.1) is 0 Å². The van der Waals surface area contributed by atoms with Crippen LogP contribution in [0.4, 0.5) is 0 Å². The number of carbonyl (C=O) groups is 2. The highest BCUT2D eigenvalue weighted by molar-refractivity contribution is 6.30. The summed E-state index contributed by atoms with van der Waals surface area (Å²) in [5.74, 6) is -0.0727. The molecule has 0 unspecified atom stereocenters. The van der Waals surface area contributed by atoms with Crippen LogP contribution in [0.15, 0.2) is 48.5 Å². The molecule has 0 aromatic heterocycles. The number of nitrogens with zero attached hydrogens (tertiary/aromatic N) is 1. The number of amides is 1. The topological polar surface area (TPSA) is 46.6 Å². The third-order valence-electron chi connectivity index (χ3n) is 3.84. The molecule has 0 fully saturated rings. The first-order valence-corrected chi connectivity index (χ1v) is 7.94. The Labute approximate surface area is 147 Å². The van der Waals surface area contributed by atoms with Crippen LogP contribution < -0.4 is 4.74 Å². The van der Waals surface area contributed by atoms with E-state index < -0.39 is 5.92 Å². The van der Waals surface area contributed by atoms with Crippen LogP contribution in [0.3, 0.4) is 0 Å². The van der Waals surface area contributed by atoms with Gasteiger partial charge in [-0.05, 0) is 42.0 Å². The Morgan fingerprint density at radius 2 is 1.62 bits per heavy atom. The zero-order valence-electron chi connectivity index (χ0n) is 14.0. The first-order valence-electron chi connectivity index (χ1n) is 7.56. The maximum atomic E-state index is 12.9. The molecule has 4 nitrogen and oxygen atoms in total. The van der Waals surface area contributed by atoms with Crippen molar-refractivity contribution in [2.45, 2.75) is 12.3 Å². The largest absolute Gasteiger partial charge is 0.497 e. The number of halogens is 1. The van der Waals surface area contributed by atoms with Gasteiger partial charge >= 0.3 is 0 Å². The van der Waals surface area contributed by atoms with Gasteiger partial charge in [0.05, 0.1) is 13.0 Å². The van der Waals surface area contributed by atoms with Crippen molar-refractivity contribution >= 4 is 23.3 Å². The van der Waals surface area contributed by atoms with Crippen LogP contribution >= 0.6 is 11.6 Å². The van der Waals surface area contributed by atoms with E-state index in [0.717, 1.165) is 5.56 Å². The second kappa shape index (κ2) is 7.97. The molecule has 0 aliphatic rings. The summed E-state index contributed by atoms with van der Waals surface area (Å²) < 4.78 is 5.12. The first-order chi connectivity index (χ1) is 11.4. The lowest BCUT2D eigenvalue weighted by Gasteiger charge is -2.19. The molecule has 0 spiro atoms. The van der Waals surface area contributed by atoms with Crippen molar-refractivity contribution in [2.24, 2.45) is 0 Å². The molecule has 0 aliphatic carbocycles. The molecule has 0 heterocycles. The van der Waals surface area contributed by atoms with Crippen LogP contribution in [-0.2, 0) is 4.79 Å². The summed E-state index contributed by atoms with van der Waals surface area (Å²) in [6.45, 7) is 0. The van der Waals surface area contributed by atoms with E-state index in [1.807, 2.05) is 0 Å². The van der Waals surface area contributed by atoms with Crippen LogP contribution in [0.2, 0.25) is 5.02 Å². The highest BCUT2D eigenvalue weighted by atomic mass is 35.5. The number of Topliss-reactive ketones (excluding diaryl/α,β-unsaturated/α-hetero) is 1. The molecule has 0 radical (unpaired) electrons. The van der Waals surface area contributed by atoms with Crippen molar-refractivity contribution in [1.82, 2.24) is 4.90 Å². The molecule has 5 heteroatoms. The van der Waals surface area contributed by atoms with E-state index in [2.05, 4.69) is 0 Å². The van der Waals surface area contributed by atoms with Crippen molar-refractivity contribution in [3.05, 3.63) is 64.7 Å². The maximum absolute atomic E-state index is 12.9. The van der Waals surface area contributed by atoms with E-state index in [4.69, 9.17) is 16.3 Å². The van der Waals surface area contributed by atoms with E-state index in [1.54, 1.807) is 69.7 Å². The van der Waals surface area contributed by atoms with Crippen molar-refractivity contribution in [1.29, 1.82) is 0 Å². The molecule has 0 aliphatic heterocycles. The lowest BCUT2D eigenvalue weighted by atomic mass is 9.87. The minimum absolute atomic E-state index is 0.100. The van der Waals surface area contributed by atoms with Gasteiger partial charge in [-0.2, -0.15) is 0 Å². The summed E-state index contributed by atoms with van der Waals surface area (Å²) in [6, 6.07) is 13.9. The number of ether oxygens (including phenoxy) is 1. The average Bonchev–Trinajstić information content (AvgIpc) is 2.59. The van der Waals surface area contributed by atoms with Gasteiger partial charge in [0, 0.05) is 31.1 Å². The van der Waals surface area contributed by atoms with E-state index >= 15 is 0 Å². The van der Waals surface area contributed by atoms with Crippen LogP contribution in [0.1, 0.15) is 28.3 Å². The minimum Gasteiger partial charge on any atom is -0.497 e. The third-order valence-corrected chi connectivity index (χ3v) is 4.09. The Kier molecular flexibility index (Phi) is 5.99. The molecule has 0 bridgehead atoms. The van der Waals surface area contributed by atoms with E-state index in [0.29, 0.717) is 16.3 Å². The fraction of sp³-hybridized carbons (Fsp3) is 0.263. The van der Waals surface area contributed by atoms with Crippen molar-refractivity contribution in [3.8, 4) is 5.75 Å². The summed E-state index contributed by atoms with van der Waals surface area (Å²) in [5.41, 5.74) is 1.32. The molecule has 24 heavy (non-hydrogen) atoms. The van der Waals surface area contributed by atoms with Gasteiger partial charge in [0.25, 0.3) is 0 Å². The Bertz CT molecular complexity index is 708. The number of methoxy groups -OCH3 is 1. The molecule has 0 saturated heterocycles. The average molecular weight is 346 g/mol. The van der Waals surface area contributed by atoms with Gasteiger partial charge in [0.1, 0.15) is 5.75 Å². The van der Waals surface area contributed by atoms with E-state index in [-0.39, 0.29) is 18.1 Å². The quantitative estimate of drug-likeness (QED) is 0.748. The number of hydrogen-bond acceptors (Lipinski definition) is 3. The van der Waals surface area contributed by atoms with Crippen LogP contribution in [-0.4, -0.2) is 37.8 Å². The second-order valence-corrected chi connectivity index (χ2v) is 6.13. The van der Waals surface area contributed by atoms with Crippen LogP contribution in [0, 0.1) is 0 Å². The molecule has 1 amide bonds. The van der Waals surface area contributed by atoms with Gasteiger partial charge in [-0.25, -0.2) is 0 Å². The molecule has 0 saturated carbocycles. The Balaban J connectivity index is 2.34. The van der Waals surface area contributed by atoms with Gasteiger partial charge < -0.3 is 9.64 Å². The van der Waals surface area contributed by atoms with Crippen molar-refractivity contribution in [2.75, 3.05) is 21.2 Å². The monoisotopic (exact) mass is 345 g/mol. The second-order valence-electron chi connectivity index (χ2n) is 5.69. The lowest BCUT2D eigenvalue weighted by Crippen LogP contribution is -2.26. The normalized spacial score (nSPS) is 11.7. The zero-order valence-corrected chi connectivity index (χ0v) is 14.7. The summed E-state index contributed by atoms with van der Waals surface area (Å²) in [4.78, 5) is 26.6. The SMILES string of the molecule is COc1ccc(C(=O)[C@H](CC(=O)N(C)C)c2ccc(Cl)cc2)cc1. The predicted octanol–water partition coefficient (Wildman–Crippen LogP) is 3.79. The molecule has 2 aromatic carbocycles. The fourth-order valence-electron chi connectivity index (χ4n) is 2.37. The third kappa shape index (κ3) is 4.36. The highest BCUT2D eigenvalue weighted by Crippen LogP contribution is 2.27. The fourth-order valence-corrected chi connectivity index (χ4v) is 2.50.